The number of nitrogens with one attached hydrogen (secondary N) is 1. The van der Waals surface area contributed by atoms with Crippen molar-refractivity contribution in [2.24, 2.45) is 0 Å². The van der Waals surface area contributed by atoms with Gasteiger partial charge in [-0.15, -0.1) is 0 Å². The van der Waals surface area contributed by atoms with Crippen LogP contribution in [0.25, 0.3) is 0 Å². The molecule has 2 saturated heterocycles. The van der Waals surface area contributed by atoms with Gasteiger partial charge in [-0.05, 0) is 68.2 Å². The second-order valence-electron chi connectivity index (χ2n) is 10.9. The van der Waals surface area contributed by atoms with Gasteiger partial charge in [-0.3, -0.25) is 4.79 Å². The highest BCUT2D eigenvalue weighted by atomic mass is 16.7. The quantitative estimate of drug-likeness (QED) is 0.621. The molecule has 188 valence electrons. The van der Waals surface area contributed by atoms with Crippen LogP contribution in [0.1, 0.15) is 68.2 Å². The Morgan fingerprint density at radius 3 is 2.35 bits per heavy atom. The zero-order chi connectivity index (χ0) is 25.3. The summed E-state index contributed by atoms with van der Waals surface area (Å²) in [5.41, 5.74) is -0.804. The van der Waals surface area contributed by atoms with Crippen LogP contribution in [0.5, 0.6) is 6.01 Å². The molecule has 34 heavy (non-hydrogen) atoms. The molecule has 3 rings (SSSR count). The molecular weight excluding hydrogens is 439 g/mol. The lowest BCUT2D eigenvalue weighted by molar-refractivity contribution is -0.134. The summed E-state index contributed by atoms with van der Waals surface area (Å²) < 4.78 is 23.1. The SMILES string of the molecule is C[C@H](NC(=O)OC(C)(C)C)C(=O)N1CCC[C@@H]1COc1ncc(B2OC(C)(C)C(C)(C)O2)cn1. The number of amides is 2. The van der Waals surface area contributed by atoms with Crippen LogP contribution in [0.3, 0.4) is 0 Å². The van der Waals surface area contributed by atoms with E-state index in [2.05, 4.69) is 15.3 Å². The summed E-state index contributed by atoms with van der Waals surface area (Å²) in [5, 5.41) is 2.61. The fourth-order valence-electron chi connectivity index (χ4n) is 3.77. The van der Waals surface area contributed by atoms with E-state index in [-0.39, 0.29) is 24.6 Å². The number of nitrogens with zero attached hydrogens (tertiary/aromatic N) is 3. The first-order chi connectivity index (χ1) is 15.7. The Hall–Kier alpha value is -2.40. The lowest BCUT2D eigenvalue weighted by Crippen LogP contribution is -2.50. The summed E-state index contributed by atoms with van der Waals surface area (Å²) in [7, 11) is -0.541. The number of carbonyl (C=O) groups is 2. The van der Waals surface area contributed by atoms with Crippen LogP contribution in [0.15, 0.2) is 12.4 Å². The Bertz CT molecular complexity index is 870. The van der Waals surface area contributed by atoms with E-state index in [1.54, 1.807) is 45.0 Å². The summed E-state index contributed by atoms with van der Waals surface area (Å²) in [5.74, 6) is -0.172. The fourth-order valence-corrected chi connectivity index (χ4v) is 3.77. The Morgan fingerprint density at radius 2 is 1.79 bits per heavy atom. The second-order valence-corrected chi connectivity index (χ2v) is 10.9. The molecule has 1 aromatic rings. The first kappa shape index (κ1) is 26.2. The smallest absolute Gasteiger partial charge is 0.461 e. The van der Waals surface area contributed by atoms with Crippen molar-refractivity contribution in [2.45, 2.75) is 97.1 Å². The summed E-state index contributed by atoms with van der Waals surface area (Å²) in [6, 6.07) is -0.604. The number of likely N-dealkylation sites (tertiary alicyclic amines) is 1. The molecule has 2 aliphatic heterocycles. The Balaban J connectivity index is 1.53. The Labute approximate surface area is 202 Å². The van der Waals surface area contributed by atoms with Gasteiger partial charge in [0.15, 0.2) is 0 Å². The van der Waals surface area contributed by atoms with Gasteiger partial charge in [0, 0.05) is 24.4 Å². The van der Waals surface area contributed by atoms with Crippen molar-refractivity contribution in [1.82, 2.24) is 20.2 Å². The number of alkyl carbamates (subject to hydrolysis) is 1. The maximum absolute atomic E-state index is 12.9. The van der Waals surface area contributed by atoms with E-state index in [1.807, 2.05) is 27.7 Å². The third-order valence-electron chi connectivity index (χ3n) is 6.34. The van der Waals surface area contributed by atoms with Gasteiger partial charge in [-0.2, -0.15) is 0 Å². The number of aromatic nitrogens is 2. The van der Waals surface area contributed by atoms with Gasteiger partial charge in [-0.1, -0.05) is 0 Å². The zero-order valence-corrected chi connectivity index (χ0v) is 21.5. The van der Waals surface area contributed by atoms with Crippen molar-refractivity contribution in [1.29, 1.82) is 0 Å². The van der Waals surface area contributed by atoms with E-state index in [9.17, 15) is 9.59 Å². The van der Waals surface area contributed by atoms with Gasteiger partial charge in [0.25, 0.3) is 0 Å². The Morgan fingerprint density at radius 1 is 1.21 bits per heavy atom. The van der Waals surface area contributed by atoms with E-state index in [4.69, 9.17) is 18.8 Å². The molecule has 1 N–H and O–H groups in total. The van der Waals surface area contributed by atoms with E-state index < -0.39 is 36.1 Å². The highest BCUT2D eigenvalue weighted by molar-refractivity contribution is 6.61. The molecule has 2 amide bonds. The molecule has 0 radical (unpaired) electrons. The van der Waals surface area contributed by atoms with Crippen molar-refractivity contribution >= 4 is 24.6 Å². The summed E-state index contributed by atoms with van der Waals surface area (Å²) >= 11 is 0. The number of ether oxygens (including phenoxy) is 2. The molecule has 2 fully saturated rings. The number of hydrogen-bond acceptors (Lipinski definition) is 8. The van der Waals surface area contributed by atoms with Gasteiger partial charge in [0.2, 0.25) is 5.91 Å². The lowest BCUT2D eigenvalue weighted by Gasteiger charge is -2.32. The molecular formula is C23H37BN4O6. The van der Waals surface area contributed by atoms with Crippen LogP contribution in [-0.2, 0) is 18.8 Å². The molecule has 10 nitrogen and oxygen atoms in total. The predicted octanol–water partition coefficient (Wildman–Crippen LogP) is 2.06. The first-order valence-electron chi connectivity index (χ1n) is 11.8. The minimum atomic E-state index is -0.703. The van der Waals surface area contributed by atoms with Gasteiger partial charge in [0.05, 0.1) is 17.2 Å². The molecule has 0 saturated carbocycles. The second kappa shape index (κ2) is 9.69. The molecule has 0 unspecified atom stereocenters. The van der Waals surface area contributed by atoms with Crippen molar-refractivity contribution in [2.75, 3.05) is 13.2 Å². The minimum Gasteiger partial charge on any atom is -0.461 e. The number of rotatable bonds is 6. The molecule has 3 heterocycles. The minimum absolute atomic E-state index is 0.123. The maximum Gasteiger partial charge on any atom is 0.498 e. The van der Waals surface area contributed by atoms with Crippen LogP contribution in [0.2, 0.25) is 0 Å². The molecule has 1 aromatic heterocycles. The summed E-state index contributed by atoms with van der Waals surface area (Å²) in [6.07, 6.45) is 4.32. The van der Waals surface area contributed by atoms with Crippen LogP contribution in [0.4, 0.5) is 4.79 Å². The normalized spacial score (nSPS) is 22.4. The number of hydrogen-bond donors (Lipinski definition) is 1. The van der Waals surface area contributed by atoms with Crippen molar-refractivity contribution in [3.63, 3.8) is 0 Å². The molecule has 0 aromatic carbocycles. The summed E-state index contributed by atoms with van der Waals surface area (Å²) in [4.78, 5) is 35.2. The molecule has 0 bridgehead atoms. The van der Waals surface area contributed by atoms with Gasteiger partial charge in [0.1, 0.15) is 18.2 Å². The molecule has 0 spiro atoms. The average molecular weight is 476 g/mol. The third kappa shape index (κ3) is 6.18. The van der Waals surface area contributed by atoms with Crippen LogP contribution < -0.4 is 15.5 Å². The number of carbonyl (C=O) groups excluding carboxylic acids is 2. The molecule has 0 aliphatic carbocycles. The van der Waals surface area contributed by atoms with Crippen LogP contribution in [-0.4, -0.2) is 76.0 Å². The topological polar surface area (TPSA) is 112 Å². The largest absolute Gasteiger partial charge is 0.498 e. The van der Waals surface area contributed by atoms with Crippen molar-refractivity contribution < 1.29 is 28.4 Å². The Kier molecular flexibility index (Phi) is 7.47. The summed E-state index contributed by atoms with van der Waals surface area (Å²) in [6.45, 7) is 15.8. The molecule has 11 heteroatoms. The lowest BCUT2D eigenvalue weighted by atomic mass is 9.81. The predicted molar refractivity (Wildman–Crippen MR) is 127 cm³/mol. The van der Waals surface area contributed by atoms with Gasteiger partial charge < -0.3 is 29.0 Å². The first-order valence-corrected chi connectivity index (χ1v) is 11.8. The van der Waals surface area contributed by atoms with E-state index in [1.165, 1.54) is 0 Å². The monoisotopic (exact) mass is 476 g/mol. The van der Waals surface area contributed by atoms with Crippen LogP contribution >= 0.6 is 0 Å². The highest BCUT2D eigenvalue weighted by Gasteiger charge is 2.52. The highest BCUT2D eigenvalue weighted by Crippen LogP contribution is 2.36. The van der Waals surface area contributed by atoms with Crippen molar-refractivity contribution in [3.05, 3.63) is 12.4 Å². The van der Waals surface area contributed by atoms with Crippen molar-refractivity contribution in [3.8, 4) is 6.01 Å². The molecule has 2 aliphatic rings. The van der Waals surface area contributed by atoms with Crippen LogP contribution in [0, 0.1) is 0 Å². The molecule has 2 atom stereocenters. The average Bonchev–Trinajstić information content (AvgIpc) is 3.26. The third-order valence-corrected chi connectivity index (χ3v) is 6.34. The maximum atomic E-state index is 12.9. The van der Waals surface area contributed by atoms with E-state index >= 15 is 0 Å². The van der Waals surface area contributed by atoms with E-state index in [0.717, 1.165) is 12.8 Å². The van der Waals surface area contributed by atoms with Gasteiger partial charge in [-0.25, -0.2) is 14.8 Å². The zero-order valence-electron chi connectivity index (χ0n) is 21.5. The van der Waals surface area contributed by atoms with Gasteiger partial charge >= 0.3 is 19.2 Å². The fraction of sp³-hybridized carbons (Fsp3) is 0.739. The standard InChI is InChI=1S/C23H37BN4O6/c1-15(27-20(30)32-21(2,3)4)18(29)28-11-9-10-17(28)14-31-19-25-12-16(13-26-19)24-33-22(5,6)23(7,8)34-24/h12-13,15,17H,9-11,14H2,1-8H3,(H,27,30)/t15-,17+/m0/s1. The van der Waals surface area contributed by atoms with E-state index in [0.29, 0.717) is 12.0 Å².